The van der Waals surface area contributed by atoms with E-state index in [9.17, 15) is 9.90 Å². The molecule has 0 aromatic rings. The van der Waals surface area contributed by atoms with Crippen molar-refractivity contribution in [2.75, 3.05) is 19.6 Å². The van der Waals surface area contributed by atoms with Crippen LogP contribution in [-0.2, 0) is 4.79 Å². The summed E-state index contributed by atoms with van der Waals surface area (Å²) in [4.78, 5) is 14.2. The molecule has 1 fully saturated rings. The zero-order chi connectivity index (χ0) is 14.5. The van der Waals surface area contributed by atoms with Gasteiger partial charge < -0.3 is 15.7 Å². The van der Waals surface area contributed by atoms with E-state index in [0.717, 1.165) is 25.8 Å². The van der Waals surface area contributed by atoms with Gasteiger partial charge in [0.1, 0.15) is 0 Å². The third-order valence-electron chi connectivity index (χ3n) is 4.02. The number of amides is 1. The lowest BCUT2D eigenvalue weighted by molar-refractivity contribution is -0.132. The minimum atomic E-state index is -0.611. The molecule has 4 heteroatoms. The molecule has 1 aliphatic rings. The van der Waals surface area contributed by atoms with Gasteiger partial charge in [0.25, 0.3) is 0 Å². The highest BCUT2D eigenvalue weighted by molar-refractivity contribution is 5.76. The molecule has 1 saturated heterocycles. The van der Waals surface area contributed by atoms with Gasteiger partial charge in [0, 0.05) is 19.5 Å². The van der Waals surface area contributed by atoms with E-state index >= 15 is 0 Å². The van der Waals surface area contributed by atoms with E-state index < -0.39 is 5.60 Å². The van der Waals surface area contributed by atoms with Gasteiger partial charge in [0.2, 0.25) is 5.91 Å². The SMILES string of the molecule is CC(C)C[C@H](CN)CC(=O)N1CCCC(C)(O)CC1. The molecular weight excluding hydrogens is 240 g/mol. The predicted octanol–water partition coefficient (Wildman–Crippen LogP) is 1.76. The molecule has 1 rings (SSSR count). The van der Waals surface area contributed by atoms with E-state index in [4.69, 9.17) is 5.73 Å². The fraction of sp³-hybridized carbons (Fsp3) is 0.933. The Hall–Kier alpha value is -0.610. The van der Waals surface area contributed by atoms with Crippen molar-refractivity contribution in [2.45, 2.75) is 58.5 Å². The number of carbonyl (C=O) groups is 1. The molecule has 0 bridgehead atoms. The molecule has 4 nitrogen and oxygen atoms in total. The monoisotopic (exact) mass is 270 g/mol. The van der Waals surface area contributed by atoms with Crippen molar-refractivity contribution in [2.24, 2.45) is 17.6 Å². The van der Waals surface area contributed by atoms with E-state index in [2.05, 4.69) is 13.8 Å². The molecule has 0 aromatic heterocycles. The Kier molecular flexibility index (Phi) is 6.27. The van der Waals surface area contributed by atoms with Crippen LogP contribution in [0.3, 0.4) is 0 Å². The number of rotatable bonds is 5. The van der Waals surface area contributed by atoms with Crippen LogP contribution in [-0.4, -0.2) is 41.1 Å². The van der Waals surface area contributed by atoms with E-state index in [1.54, 1.807) is 0 Å². The molecule has 19 heavy (non-hydrogen) atoms. The third-order valence-corrected chi connectivity index (χ3v) is 4.02. The number of likely N-dealkylation sites (tertiary alicyclic amines) is 1. The topological polar surface area (TPSA) is 66.6 Å². The Labute approximate surface area is 117 Å². The van der Waals surface area contributed by atoms with Crippen LogP contribution in [0.2, 0.25) is 0 Å². The number of nitrogens with zero attached hydrogens (tertiary/aromatic N) is 1. The van der Waals surface area contributed by atoms with Crippen LogP contribution >= 0.6 is 0 Å². The van der Waals surface area contributed by atoms with Gasteiger partial charge >= 0.3 is 0 Å². The van der Waals surface area contributed by atoms with Gasteiger partial charge in [-0.2, -0.15) is 0 Å². The maximum absolute atomic E-state index is 12.3. The van der Waals surface area contributed by atoms with Gasteiger partial charge in [-0.1, -0.05) is 13.8 Å². The molecule has 2 atom stereocenters. The second-order valence-electron chi connectivity index (χ2n) is 6.67. The summed E-state index contributed by atoms with van der Waals surface area (Å²) in [7, 11) is 0. The first-order chi connectivity index (χ1) is 8.84. The summed E-state index contributed by atoms with van der Waals surface area (Å²) in [6.45, 7) is 8.21. The summed E-state index contributed by atoms with van der Waals surface area (Å²) in [5.41, 5.74) is 5.15. The van der Waals surface area contributed by atoms with Crippen molar-refractivity contribution in [3.63, 3.8) is 0 Å². The van der Waals surface area contributed by atoms with E-state index in [1.165, 1.54) is 0 Å². The van der Waals surface area contributed by atoms with Crippen molar-refractivity contribution < 1.29 is 9.90 Å². The van der Waals surface area contributed by atoms with Crippen LogP contribution in [0.15, 0.2) is 0 Å². The average molecular weight is 270 g/mol. The maximum Gasteiger partial charge on any atom is 0.222 e. The second-order valence-corrected chi connectivity index (χ2v) is 6.67. The molecule has 3 N–H and O–H groups in total. The Balaban J connectivity index is 2.48. The second kappa shape index (κ2) is 7.25. The normalized spacial score (nSPS) is 26.3. The highest BCUT2D eigenvalue weighted by Gasteiger charge is 2.27. The summed E-state index contributed by atoms with van der Waals surface area (Å²) >= 11 is 0. The maximum atomic E-state index is 12.3. The Morgan fingerprint density at radius 1 is 1.37 bits per heavy atom. The summed E-state index contributed by atoms with van der Waals surface area (Å²) in [6, 6.07) is 0. The zero-order valence-electron chi connectivity index (χ0n) is 12.7. The van der Waals surface area contributed by atoms with E-state index in [0.29, 0.717) is 31.8 Å². The molecule has 1 amide bonds. The summed E-state index contributed by atoms with van der Waals surface area (Å²) in [5, 5.41) is 10.0. The molecule has 1 aliphatic heterocycles. The smallest absolute Gasteiger partial charge is 0.222 e. The lowest BCUT2D eigenvalue weighted by atomic mass is 9.93. The number of nitrogens with two attached hydrogens (primary N) is 1. The fourth-order valence-corrected chi connectivity index (χ4v) is 2.82. The van der Waals surface area contributed by atoms with Gasteiger partial charge in [0.05, 0.1) is 5.60 Å². The predicted molar refractivity (Wildman–Crippen MR) is 77.7 cm³/mol. The first kappa shape index (κ1) is 16.4. The molecule has 112 valence electrons. The van der Waals surface area contributed by atoms with Crippen molar-refractivity contribution in [3.05, 3.63) is 0 Å². The number of hydrogen-bond acceptors (Lipinski definition) is 3. The lowest BCUT2D eigenvalue weighted by Crippen LogP contribution is -2.35. The molecular formula is C15H30N2O2. The van der Waals surface area contributed by atoms with Gasteiger partial charge in [-0.25, -0.2) is 0 Å². The molecule has 1 heterocycles. The molecule has 0 radical (unpaired) electrons. The number of carbonyl (C=O) groups excluding carboxylic acids is 1. The zero-order valence-corrected chi connectivity index (χ0v) is 12.7. The number of aliphatic hydroxyl groups is 1. The molecule has 0 spiro atoms. The summed E-state index contributed by atoms with van der Waals surface area (Å²) < 4.78 is 0. The van der Waals surface area contributed by atoms with Crippen LogP contribution in [0.4, 0.5) is 0 Å². The fourth-order valence-electron chi connectivity index (χ4n) is 2.82. The highest BCUT2D eigenvalue weighted by atomic mass is 16.3. The minimum Gasteiger partial charge on any atom is -0.390 e. The average Bonchev–Trinajstić information content (AvgIpc) is 2.48. The minimum absolute atomic E-state index is 0.203. The highest BCUT2D eigenvalue weighted by Crippen LogP contribution is 2.23. The molecule has 0 aliphatic carbocycles. The van der Waals surface area contributed by atoms with Crippen LogP contribution in [0.5, 0.6) is 0 Å². The van der Waals surface area contributed by atoms with Crippen molar-refractivity contribution in [1.29, 1.82) is 0 Å². The van der Waals surface area contributed by atoms with Crippen molar-refractivity contribution in [3.8, 4) is 0 Å². The van der Waals surface area contributed by atoms with E-state index in [-0.39, 0.29) is 11.8 Å². The van der Waals surface area contributed by atoms with Crippen LogP contribution < -0.4 is 5.73 Å². The van der Waals surface area contributed by atoms with Crippen molar-refractivity contribution >= 4 is 5.91 Å². The molecule has 1 unspecified atom stereocenters. The first-order valence-corrected chi connectivity index (χ1v) is 7.54. The van der Waals surface area contributed by atoms with Gasteiger partial charge in [0.15, 0.2) is 0 Å². The Bertz CT molecular complexity index is 290. The Morgan fingerprint density at radius 2 is 2.05 bits per heavy atom. The third kappa shape index (κ3) is 5.91. The van der Waals surface area contributed by atoms with Gasteiger partial charge in [-0.15, -0.1) is 0 Å². The quantitative estimate of drug-likeness (QED) is 0.800. The van der Waals surface area contributed by atoms with Gasteiger partial charge in [-0.3, -0.25) is 4.79 Å². The lowest BCUT2D eigenvalue weighted by Gasteiger charge is -2.25. The van der Waals surface area contributed by atoms with Crippen molar-refractivity contribution in [1.82, 2.24) is 4.90 Å². The largest absolute Gasteiger partial charge is 0.390 e. The van der Waals surface area contributed by atoms with E-state index in [1.807, 2.05) is 11.8 Å². The summed E-state index contributed by atoms with van der Waals surface area (Å²) in [5.74, 6) is 1.07. The van der Waals surface area contributed by atoms with Crippen LogP contribution in [0, 0.1) is 11.8 Å². The summed E-state index contributed by atoms with van der Waals surface area (Å²) in [6.07, 6.45) is 3.90. The Morgan fingerprint density at radius 3 is 2.63 bits per heavy atom. The first-order valence-electron chi connectivity index (χ1n) is 7.54. The molecule has 0 aromatic carbocycles. The number of hydrogen-bond donors (Lipinski definition) is 2. The standard InChI is InChI=1S/C15H30N2O2/c1-12(2)9-13(11-16)10-14(18)17-7-4-5-15(3,19)6-8-17/h12-13,19H,4-11,16H2,1-3H3/t13-,15?/m0/s1. The van der Waals surface area contributed by atoms with Gasteiger partial charge in [-0.05, 0) is 51.0 Å². The van der Waals surface area contributed by atoms with Crippen LogP contribution in [0.25, 0.3) is 0 Å². The molecule has 0 saturated carbocycles. The van der Waals surface area contributed by atoms with Crippen LogP contribution in [0.1, 0.15) is 52.9 Å².